The molecular formula is C33H40N6O3. The third-order valence-electron chi connectivity index (χ3n) is 8.09. The van der Waals surface area contributed by atoms with Crippen molar-refractivity contribution in [2.75, 3.05) is 49.5 Å². The van der Waals surface area contributed by atoms with Gasteiger partial charge in [-0.15, -0.1) is 0 Å². The average Bonchev–Trinajstić information content (AvgIpc) is 3.00. The number of hydrogen-bond donors (Lipinski definition) is 2. The van der Waals surface area contributed by atoms with E-state index in [1.54, 1.807) is 4.90 Å². The van der Waals surface area contributed by atoms with Gasteiger partial charge < -0.3 is 20.4 Å². The lowest BCUT2D eigenvalue weighted by Crippen LogP contribution is -2.48. The minimum absolute atomic E-state index is 0.0812. The minimum Gasteiger partial charge on any atom is -0.368 e. The molecule has 9 nitrogen and oxygen atoms in total. The van der Waals surface area contributed by atoms with Gasteiger partial charge in [-0.3, -0.25) is 14.4 Å². The molecule has 0 unspecified atom stereocenters. The van der Waals surface area contributed by atoms with E-state index in [1.165, 1.54) is 24.6 Å². The summed E-state index contributed by atoms with van der Waals surface area (Å²) in [6.45, 7) is 14.8. The normalized spacial score (nSPS) is 13.4. The molecule has 1 fully saturated rings. The van der Waals surface area contributed by atoms with Gasteiger partial charge in [0, 0.05) is 69.5 Å². The zero-order valence-electron chi connectivity index (χ0n) is 25.4. The molecule has 2 amide bonds. The minimum atomic E-state index is -0.174. The summed E-state index contributed by atoms with van der Waals surface area (Å²) in [6.07, 6.45) is 2.81. The van der Waals surface area contributed by atoms with Crippen LogP contribution in [0.25, 0.3) is 11.4 Å². The molecule has 1 aliphatic heterocycles. The van der Waals surface area contributed by atoms with Crippen LogP contribution in [0.1, 0.15) is 45.1 Å². The highest BCUT2D eigenvalue weighted by Crippen LogP contribution is 2.27. The smallest absolute Gasteiger partial charge is 0.246 e. The number of aromatic nitrogens is 2. The highest BCUT2D eigenvalue weighted by molar-refractivity contribution is 6.09. The summed E-state index contributed by atoms with van der Waals surface area (Å²) in [6, 6.07) is 11.7. The molecule has 0 saturated carbocycles. The van der Waals surface area contributed by atoms with Crippen LogP contribution in [0.15, 0.2) is 48.6 Å². The largest absolute Gasteiger partial charge is 0.368 e. The lowest BCUT2D eigenvalue weighted by atomic mass is 9.87. The number of ketones is 1. The maximum Gasteiger partial charge on any atom is 0.246 e. The second kappa shape index (κ2) is 13.4. The van der Waals surface area contributed by atoms with Crippen molar-refractivity contribution in [3.05, 3.63) is 81.9 Å². The fourth-order valence-electron chi connectivity index (χ4n) is 5.19. The fourth-order valence-corrected chi connectivity index (χ4v) is 5.19. The lowest BCUT2D eigenvalue weighted by molar-refractivity contribution is -0.126. The summed E-state index contributed by atoms with van der Waals surface area (Å²) < 4.78 is 0. The van der Waals surface area contributed by atoms with Crippen molar-refractivity contribution < 1.29 is 14.4 Å². The van der Waals surface area contributed by atoms with E-state index in [4.69, 9.17) is 4.98 Å². The predicted octanol–water partition coefficient (Wildman–Crippen LogP) is 4.32. The molecule has 1 aliphatic rings. The van der Waals surface area contributed by atoms with Gasteiger partial charge in [0.05, 0.1) is 0 Å². The summed E-state index contributed by atoms with van der Waals surface area (Å²) in [5.74, 6) is 1.63. The number of amides is 2. The number of carbonyl (C=O) groups excluding carboxylic acids is 3. The maximum absolute atomic E-state index is 13.1. The quantitative estimate of drug-likeness (QED) is 0.225. The number of nitrogens with one attached hydrogen (secondary N) is 2. The second-order valence-corrected chi connectivity index (χ2v) is 10.7. The van der Waals surface area contributed by atoms with Gasteiger partial charge in [0.1, 0.15) is 11.6 Å². The molecule has 0 bridgehead atoms. The van der Waals surface area contributed by atoms with E-state index >= 15 is 0 Å². The Hall–Kier alpha value is -4.53. The van der Waals surface area contributed by atoms with Crippen molar-refractivity contribution in [3.8, 4) is 11.4 Å². The van der Waals surface area contributed by atoms with Crippen LogP contribution in [-0.4, -0.2) is 71.7 Å². The zero-order chi connectivity index (χ0) is 30.4. The molecule has 1 aromatic heterocycles. The molecule has 0 radical (unpaired) electrons. The Morgan fingerprint density at radius 3 is 2.05 bits per heavy atom. The molecule has 4 rings (SSSR count). The van der Waals surface area contributed by atoms with Gasteiger partial charge in [0.15, 0.2) is 11.6 Å². The Morgan fingerprint density at radius 2 is 1.43 bits per heavy atom. The maximum atomic E-state index is 13.1. The van der Waals surface area contributed by atoms with E-state index in [2.05, 4.69) is 27.4 Å². The molecule has 3 aromatic rings. The molecule has 2 heterocycles. The van der Waals surface area contributed by atoms with Crippen molar-refractivity contribution >= 4 is 29.2 Å². The summed E-state index contributed by atoms with van der Waals surface area (Å²) in [5.41, 5.74) is 6.95. The summed E-state index contributed by atoms with van der Waals surface area (Å²) in [4.78, 5) is 50.8. The number of benzene rings is 2. The van der Waals surface area contributed by atoms with Crippen molar-refractivity contribution in [1.29, 1.82) is 0 Å². The number of carbonyl (C=O) groups is 3. The van der Waals surface area contributed by atoms with Gasteiger partial charge >= 0.3 is 0 Å². The van der Waals surface area contributed by atoms with Gasteiger partial charge in [-0.1, -0.05) is 30.3 Å². The number of nitrogens with zero attached hydrogens (tertiary/aromatic N) is 4. The molecule has 9 heteroatoms. The molecule has 0 aliphatic carbocycles. The van der Waals surface area contributed by atoms with Crippen molar-refractivity contribution in [1.82, 2.24) is 20.2 Å². The zero-order valence-corrected chi connectivity index (χ0v) is 25.4. The molecular weight excluding hydrogens is 528 g/mol. The number of piperazine rings is 1. The van der Waals surface area contributed by atoms with Gasteiger partial charge in [-0.2, -0.15) is 0 Å². The lowest BCUT2D eigenvalue weighted by Gasteiger charge is -2.35. The highest BCUT2D eigenvalue weighted by Gasteiger charge is 2.23. The number of anilines is 2. The first-order valence-corrected chi connectivity index (χ1v) is 14.3. The van der Waals surface area contributed by atoms with Crippen molar-refractivity contribution in [2.24, 2.45) is 0 Å². The first-order chi connectivity index (χ1) is 20.1. The van der Waals surface area contributed by atoms with E-state index < -0.39 is 0 Å². The monoisotopic (exact) mass is 568 g/mol. The number of hydrogen-bond acceptors (Lipinski definition) is 7. The topological polar surface area (TPSA) is 108 Å². The standard InChI is InChI=1S/C33H40N6O3/c1-21-22(2)24(4)32(25(5)23(21)3)28(41)12-13-31(42)39-18-16-38(17-19-39)30-20-29(35-15-14-34-26(6)40)36-33(37-30)27-10-8-7-9-11-27/h7-13,20H,14-19H2,1-6H3,(H,34,40)(H,35,36,37)/b13-12+. The first kappa shape index (κ1) is 30.4. The van der Waals surface area contributed by atoms with Crippen LogP contribution in [0.3, 0.4) is 0 Å². The number of allylic oxidation sites excluding steroid dienone is 1. The van der Waals surface area contributed by atoms with Crippen molar-refractivity contribution in [2.45, 2.75) is 41.5 Å². The van der Waals surface area contributed by atoms with Crippen molar-refractivity contribution in [3.63, 3.8) is 0 Å². The molecule has 42 heavy (non-hydrogen) atoms. The highest BCUT2D eigenvalue weighted by atomic mass is 16.2. The van der Waals surface area contributed by atoms with Gasteiger partial charge in [-0.05, 0) is 68.5 Å². The summed E-state index contributed by atoms with van der Waals surface area (Å²) in [5, 5.41) is 6.05. The van der Waals surface area contributed by atoms with Crippen LogP contribution in [0.5, 0.6) is 0 Å². The van der Waals surface area contributed by atoms with Crippen LogP contribution in [0.4, 0.5) is 11.6 Å². The van der Waals surface area contributed by atoms with E-state index in [-0.39, 0.29) is 17.6 Å². The van der Waals surface area contributed by atoms with E-state index in [1.807, 2.05) is 64.1 Å². The number of rotatable bonds is 9. The van der Waals surface area contributed by atoms with Crippen LogP contribution in [-0.2, 0) is 9.59 Å². The van der Waals surface area contributed by atoms with E-state index in [9.17, 15) is 14.4 Å². The van der Waals surface area contributed by atoms with Crippen LogP contribution in [0, 0.1) is 34.6 Å². The van der Waals surface area contributed by atoms with E-state index in [0.29, 0.717) is 56.5 Å². The van der Waals surface area contributed by atoms with Gasteiger partial charge in [0.25, 0.3) is 0 Å². The van der Waals surface area contributed by atoms with Crippen LogP contribution in [0.2, 0.25) is 0 Å². The fraction of sp³-hybridized carbons (Fsp3) is 0.364. The average molecular weight is 569 g/mol. The Bertz CT molecular complexity index is 1480. The molecule has 220 valence electrons. The SMILES string of the molecule is CC(=O)NCCNc1cc(N2CCN(C(=O)/C=C/C(=O)c3c(C)c(C)c(C)c(C)c3C)CC2)nc(-c2ccccc2)n1. The predicted molar refractivity (Wildman–Crippen MR) is 167 cm³/mol. The molecule has 0 atom stereocenters. The molecule has 2 aromatic carbocycles. The molecule has 1 saturated heterocycles. The molecule has 0 spiro atoms. The van der Waals surface area contributed by atoms with E-state index in [0.717, 1.165) is 33.6 Å². The Morgan fingerprint density at radius 1 is 0.810 bits per heavy atom. The second-order valence-electron chi connectivity index (χ2n) is 10.7. The van der Waals surface area contributed by atoms with Gasteiger partial charge in [-0.25, -0.2) is 9.97 Å². The summed E-state index contributed by atoms with van der Waals surface area (Å²) >= 11 is 0. The third-order valence-corrected chi connectivity index (χ3v) is 8.09. The Kier molecular flexibility index (Phi) is 9.72. The van der Waals surface area contributed by atoms with Gasteiger partial charge in [0.2, 0.25) is 11.8 Å². The Balaban J connectivity index is 1.44. The third kappa shape index (κ3) is 7.02. The summed E-state index contributed by atoms with van der Waals surface area (Å²) in [7, 11) is 0. The molecule has 2 N–H and O–H groups in total. The van der Waals surface area contributed by atoms with Crippen LogP contribution >= 0.6 is 0 Å². The first-order valence-electron chi connectivity index (χ1n) is 14.3. The van der Waals surface area contributed by atoms with Crippen LogP contribution < -0.4 is 15.5 Å². The Labute approximate surface area is 248 Å².